The minimum Gasteiger partial charge on any atom is -0.462 e. The van der Waals surface area contributed by atoms with Gasteiger partial charge in [0, 0.05) is 6.04 Å². The lowest BCUT2D eigenvalue weighted by molar-refractivity contribution is 0.0527. The fourth-order valence-corrected chi connectivity index (χ4v) is 1.68. The van der Waals surface area contributed by atoms with E-state index >= 15 is 0 Å². The molecule has 0 aliphatic carbocycles. The van der Waals surface area contributed by atoms with Gasteiger partial charge in [-0.1, -0.05) is 13.8 Å². The molecule has 0 amide bonds. The molecule has 1 aromatic rings. The van der Waals surface area contributed by atoms with E-state index in [0.29, 0.717) is 29.7 Å². The lowest BCUT2D eigenvalue weighted by Gasteiger charge is -2.18. The Morgan fingerprint density at radius 3 is 2.67 bits per heavy atom. The maximum atomic E-state index is 11.8. The zero-order valence-electron chi connectivity index (χ0n) is 11.2. The van der Waals surface area contributed by atoms with Gasteiger partial charge in [0.2, 0.25) is 0 Å². The summed E-state index contributed by atoms with van der Waals surface area (Å²) in [5.41, 5.74) is 6.73. The van der Waals surface area contributed by atoms with Gasteiger partial charge in [0.25, 0.3) is 0 Å². The molecular formula is C13H21N3O2. The maximum Gasteiger partial charge on any atom is 0.340 e. The van der Waals surface area contributed by atoms with Gasteiger partial charge in [-0.05, 0) is 25.8 Å². The Morgan fingerprint density at radius 2 is 2.11 bits per heavy atom. The summed E-state index contributed by atoms with van der Waals surface area (Å²) in [7, 11) is 0. The third-order valence-corrected chi connectivity index (χ3v) is 2.77. The van der Waals surface area contributed by atoms with E-state index in [1.54, 1.807) is 19.2 Å². The predicted octanol–water partition coefficient (Wildman–Crippen LogP) is 2.44. The van der Waals surface area contributed by atoms with E-state index in [-0.39, 0.29) is 5.97 Å². The summed E-state index contributed by atoms with van der Waals surface area (Å²) in [4.78, 5) is 15.8. The molecule has 0 atom stereocenters. The number of nitrogens with one attached hydrogen (secondary N) is 1. The van der Waals surface area contributed by atoms with Crippen molar-refractivity contribution >= 4 is 17.5 Å². The number of carbonyl (C=O) groups is 1. The number of pyridine rings is 1. The lowest BCUT2D eigenvalue weighted by atomic mass is 10.1. The van der Waals surface area contributed by atoms with Crippen LogP contribution in [0.4, 0.5) is 11.5 Å². The summed E-state index contributed by atoms with van der Waals surface area (Å²) in [6.07, 6.45) is 3.53. The summed E-state index contributed by atoms with van der Waals surface area (Å²) >= 11 is 0. The van der Waals surface area contributed by atoms with Crippen molar-refractivity contribution in [3.8, 4) is 0 Å². The quantitative estimate of drug-likeness (QED) is 0.759. The molecule has 0 spiro atoms. The largest absolute Gasteiger partial charge is 0.462 e. The van der Waals surface area contributed by atoms with Crippen LogP contribution in [0.5, 0.6) is 0 Å². The molecule has 0 aromatic carbocycles. The molecule has 5 nitrogen and oxygen atoms in total. The molecule has 0 unspecified atom stereocenters. The molecule has 0 fully saturated rings. The standard InChI is InChI=1S/C13H21N3O2/c1-4-9(5-2)16-11-8-15-12(14)7-10(11)13(17)18-6-3/h7-9,16H,4-6H2,1-3H3,(H2,14,15). The number of rotatable bonds is 6. The lowest BCUT2D eigenvalue weighted by Crippen LogP contribution is -2.20. The monoisotopic (exact) mass is 251 g/mol. The molecule has 0 aliphatic heterocycles. The highest BCUT2D eigenvalue weighted by molar-refractivity contribution is 5.96. The molecule has 1 rings (SSSR count). The SMILES string of the molecule is CCOC(=O)c1cc(N)ncc1NC(CC)CC. The van der Waals surface area contributed by atoms with E-state index in [0.717, 1.165) is 12.8 Å². The zero-order valence-corrected chi connectivity index (χ0v) is 11.2. The highest BCUT2D eigenvalue weighted by Gasteiger charge is 2.15. The van der Waals surface area contributed by atoms with Gasteiger partial charge in [-0.3, -0.25) is 0 Å². The molecule has 1 heterocycles. The van der Waals surface area contributed by atoms with Crippen molar-refractivity contribution in [3.05, 3.63) is 17.8 Å². The third-order valence-electron chi connectivity index (χ3n) is 2.77. The number of aromatic nitrogens is 1. The molecule has 0 saturated heterocycles. The van der Waals surface area contributed by atoms with Gasteiger partial charge in [0.15, 0.2) is 0 Å². The van der Waals surface area contributed by atoms with E-state index in [2.05, 4.69) is 24.1 Å². The van der Waals surface area contributed by atoms with E-state index in [4.69, 9.17) is 10.5 Å². The van der Waals surface area contributed by atoms with E-state index in [9.17, 15) is 4.79 Å². The Kier molecular flexibility index (Phi) is 5.42. The number of hydrogen-bond donors (Lipinski definition) is 2. The maximum absolute atomic E-state index is 11.8. The minimum atomic E-state index is -0.375. The molecule has 1 aromatic heterocycles. The van der Waals surface area contributed by atoms with E-state index < -0.39 is 0 Å². The van der Waals surface area contributed by atoms with Gasteiger partial charge in [-0.15, -0.1) is 0 Å². The number of anilines is 2. The molecule has 0 bridgehead atoms. The van der Waals surface area contributed by atoms with Crippen LogP contribution in [0, 0.1) is 0 Å². The van der Waals surface area contributed by atoms with Crippen LogP contribution >= 0.6 is 0 Å². The molecule has 3 N–H and O–H groups in total. The molecular weight excluding hydrogens is 230 g/mol. The van der Waals surface area contributed by atoms with Gasteiger partial charge in [0.1, 0.15) is 5.82 Å². The van der Waals surface area contributed by atoms with Crippen LogP contribution in [0.3, 0.4) is 0 Å². The topological polar surface area (TPSA) is 77.2 Å². The molecule has 0 aliphatic rings. The van der Waals surface area contributed by atoms with Crippen molar-refractivity contribution in [2.75, 3.05) is 17.7 Å². The summed E-state index contributed by atoms with van der Waals surface area (Å²) in [5, 5.41) is 3.29. The number of ether oxygens (including phenoxy) is 1. The third kappa shape index (κ3) is 3.61. The summed E-state index contributed by atoms with van der Waals surface area (Å²) in [6, 6.07) is 1.85. The Labute approximate surface area is 108 Å². The van der Waals surface area contributed by atoms with E-state index in [1.807, 2.05) is 0 Å². The number of nitrogen functional groups attached to an aromatic ring is 1. The van der Waals surface area contributed by atoms with Crippen LogP contribution in [-0.2, 0) is 4.74 Å². The molecule has 0 radical (unpaired) electrons. The van der Waals surface area contributed by atoms with Crippen LogP contribution in [0.15, 0.2) is 12.3 Å². The summed E-state index contributed by atoms with van der Waals surface area (Å²) in [5.74, 6) is -0.0618. The first kappa shape index (κ1) is 14.3. The van der Waals surface area contributed by atoms with Crippen LogP contribution in [0.2, 0.25) is 0 Å². The normalized spacial score (nSPS) is 10.4. The van der Waals surface area contributed by atoms with Gasteiger partial charge < -0.3 is 15.8 Å². The number of hydrogen-bond acceptors (Lipinski definition) is 5. The first-order valence-corrected chi connectivity index (χ1v) is 6.31. The van der Waals surface area contributed by atoms with Crippen molar-refractivity contribution in [1.29, 1.82) is 0 Å². The Bertz CT molecular complexity index is 403. The number of esters is 1. The number of nitrogens with two attached hydrogens (primary N) is 1. The molecule has 5 heteroatoms. The Morgan fingerprint density at radius 1 is 1.44 bits per heavy atom. The summed E-state index contributed by atoms with van der Waals surface area (Å²) < 4.78 is 5.01. The van der Waals surface area contributed by atoms with Gasteiger partial charge in [0.05, 0.1) is 24.1 Å². The van der Waals surface area contributed by atoms with Crippen molar-refractivity contribution in [3.63, 3.8) is 0 Å². The Hall–Kier alpha value is -1.78. The smallest absolute Gasteiger partial charge is 0.340 e. The highest BCUT2D eigenvalue weighted by Crippen LogP contribution is 2.20. The predicted molar refractivity (Wildman–Crippen MR) is 72.6 cm³/mol. The Balaban J connectivity index is 2.99. The zero-order chi connectivity index (χ0) is 13.5. The van der Waals surface area contributed by atoms with Crippen LogP contribution in [0.1, 0.15) is 44.0 Å². The van der Waals surface area contributed by atoms with Crippen LogP contribution in [-0.4, -0.2) is 23.6 Å². The van der Waals surface area contributed by atoms with Crippen LogP contribution in [0.25, 0.3) is 0 Å². The van der Waals surface area contributed by atoms with Gasteiger partial charge >= 0.3 is 5.97 Å². The molecule has 0 saturated carbocycles. The second kappa shape index (κ2) is 6.83. The van der Waals surface area contributed by atoms with Gasteiger partial charge in [-0.25, -0.2) is 9.78 Å². The first-order chi connectivity index (χ1) is 8.62. The van der Waals surface area contributed by atoms with Crippen molar-refractivity contribution in [2.45, 2.75) is 39.7 Å². The molecule has 18 heavy (non-hydrogen) atoms. The fourth-order valence-electron chi connectivity index (χ4n) is 1.68. The average Bonchev–Trinajstić information content (AvgIpc) is 2.37. The second-order valence-corrected chi connectivity index (χ2v) is 4.03. The number of carbonyl (C=O) groups excluding carboxylic acids is 1. The van der Waals surface area contributed by atoms with Crippen molar-refractivity contribution < 1.29 is 9.53 Å². The fraction of sp³-hybridized carbons (Fsp3) is 0.538. The van der Waals surface area contributed by atoms with E-state index in [1.165, 1.54) is 0 Å². The number of nitrogens with zero attached hydrogens (tertiary/aromatic N) is 1. The van der Waals surface area contributed by atoms with Crippen LogP contribution < -0.4 is 11.1 Å². The summed E-state index contributed by atoms with van der Waals surface area (Å²) in [6.45, 7) is 6.30. The first-order valence-electron chi connectivity index (χ1n) is 6.31. The van der Waals surface area contributed by atoms with Gasteiger partial charge in [-0.2, -0.15) is 0 Å². The van der Waals surface area contributed by atoms with Crippen molar-refractivity contribution in [1.82, 2.24) is 4.98 Å². The second-order valence-electron chi connectivity index (χ2n) is 4.03. The average molecular weight is 251 g/mol. The van der Waals surface area contributed by atoms with Crippen molar-refractivity contribution in [2.24, 2.45) is 0 Å². The highest BCUT2D eigenvalue weighted by atomic mass is 16.5. The molecule has 100 valence electrons. The minimum absolute atomic E-state index is 0.309.